The average Bonchev–Trinajstić information content (AvgIpc) is 3.34. The molecule has 0 spiro atoms. The van der Waals surface area contributed by atoms with Gasteiger partial charge in [0.2, 0.25) is 5.95 Å². The highest BCUT2D eigenvalue weighted by Crippen LogP contribution is 2.29. The summed E-state index contributed by atoms with van der Waals surface area (Å²) in [4.78, 5) is 24.0. The number of carbonyl (C=O) groups excluding carboxylic acids is 1. The molecule has 0 aliphatic carbocycles. The molecule has 0 unspecified atom stereocenters. The van der Waals surface area contributed by atoms with Crippen molar-refractivity contribution in [2.45, 2.75) is 38.9 Å². The van der Waals surface area contributed by atoms with Crippen LogP contribution in [0.5, 0.6) is 0 Å². The highest BCUT2D eigenvalue weighted by Gasteiger charge is 2.34. The minimum absolute atomic E-state index is 0.0287. The van der Waals surface area contributed by atoms with Gasteiger partial charge in [0.05, 0.1) is 35.2 Å². The van der Waals surface area contributed by atoms with E-state index in [2.05, 4.69) is 25.5 Å². The summed E-state index contributed by atoms with van der Waals surface area (Å²) >= 11 is 0. The number of likely N-dealkylation sites (tertiary alicyclic amines) is 1. The molecule has 2 atom stereocenters. The lowest BCUT2D eigenvalue weighted by Gasteiger charge is -2.40. The van der Waals surface area contributed by atoms with Crippen molar-refractivity contribution in [2.75, 3.05) is 18.4 Å². The number of aryl methyl sites for hydroxylation is 1. The lowest BCUT2D eigenvalue weighted by molar-refractivity contribution is -0.138. The van der Waals surface area contributed by atoms with Crippen molar-refractivity contribution in [3.05, 3.63) is 59.4 Å². The minimum Gasteiger partial charge on any atom is -0.352 e. The zero-order chi connectivity index (χ0) is 24.5. The van der Waals surface area contributed by atoms with Crippen molar-refractivity contribution in [3.63, 3.8) is 0 Å². The van der Waals surface area contributed by atoms with E-state index < -0.39 is 17.6 Å². The highest BCUT2D eigenvalue weighted by molar-refractivity contribution is 5.98. The molecule has 2 aromatic heterocycles. The van der Waals surface area contributed by atoms with E-state index in [0.717, 1.165) is 12.8 Å². The quantitative estimate of drug-likeness (QED) is 0.562. The van der Waals surface area contributed by atoms with Gasteiger partial charge in [-0.05, 0) is 43.4 Å². The molecule has 0 radical (unpaired) electrons. The maximum Gasteiger partial charge on any atom is 0.419 e. The number of alkyl halides is 3. The predicted molar refractivity (Wildman–Crippen MR) is 115 cm³/mol. The number of aromatic nitrogens is 5. The van der Waals surface area contributed by atoms with Gasteiger partial charge in [-0.1, -0.05) is 6.92 Å². The van der Waals surface area contributed by atoms with E-state index in [0.29, 0.717) is 30.2 Å². The molecular formula is C22H23F4N7O. The number of piperidine rings is 1. The molecular weight excluding hydrogens is 454 g/mol. The van der Waals surface area contributed by atoms with Crippen molar-refractivity contribution in [3.8, 4) is 5.69 Å². The van der Waals surface area contributed by atoms with Crippen LogP contribution in [0.4, 0.5) is 23.5 Å². The molecule has 3 heterocycles. The molecule has 8 nitrogen and oxygen atoms in total. The molecule has 1 fully saturated rings. The maximum absolute atomic E-state index is 14.5. The fourth-order valence-electron chi connectivity index (χ4n) is 4.07. The fourth-order valence-corrected chi connectivity index (χ4v) is 4.07. The normalized spacial score (nSPS) is 18.7. The highest BCUT2D eigenvalue weighted by atomic mass is 19.4. The van der Waals surface area contributed by atoms with Gasteiger partial charge in [0.1, 0.15) is 5.82 Å². The van der Waals surface area contributed by atoms with Gasteiger partial charge >= 0.3 is 6.18 Å². The molecule has 1 aromatic carbocycles. The van der Waals surface area contributed by atoms with E-state index >= 15 is 0 Å². The van der Waals surface area contributed by atoms with Gasteiger partial charge in [0.25, 0.3) is 5.91 Å². The van der Waals surface area contributed by atoms with E-state index in [1.807, 2.05) is 6.92 Å². The molecule has 1 N–H and O–H groups in total. The SMILES string of the molecule is Cc1cc(-n2nccn2)c(C(=O)N2CCC[C@@H](C)[C@H]2CNc2ncc(C(F)(F)F)cn2)cc1F. The Morgan fingerprint density at radius 1 is 1.18 bits per heavy atom. The number of nitrogens with zero attached hydrogens (tertiary/aromatic N) is 6. The molecule has 180 valence electrons. The molecule has 12 heteroatoms. The first-order valence-electron chi connectivity index (χ1n) is 10.8. The molecule has 1 amide bonds. The van der Waals surface area contributed by atoms with Crippen LogP contribution >= 0.6 is 0 Å². The van der Waals surface area contributed by atoms with Crippen LogP contribution in [0.1, 0.15) is 41.3 Å². The van der Waals surface area contributed by atoms with Crippen LogP contribution in [0, 0.1) is 18.7 Å². The number of nitrogens with one attached hydrogen (secondary N) is 1. The Hall–Kier alpha value is -3.57. The molecule has 1 aliphatic heterocycles. The molecule has 3 aromatic rings. The predicted octanol–water partition coefficient (Wildman–Crippen LogP) is 3.88. The number of hydrogen-bond donors (Lipinski definition) is 1. The number of anilines is 1. The zero-order valence-electron chi connectivity index (χ0n) is 18.6. The Morgan fingerprint density at radius 2 is 1.85 bits per heavy atom. The van der Waals surface area contributed by atoms with E-state index in [9.17, 15) is 22.4 Å². The van der Waals surface area contributed by atoms with Crippen LogP contribution in [-0.4, -0.2) is 54.9 Å². The third-order valence-corrected chi connectivity index (χ3v) is 5.97. The summed E-state index contributed by atoms with van der Waals surface area (Å²) in [7, 11) is 0. The molecule has 1 saturated heterocycles. The molecule has 1 aliphatic rings. The monoisotopic (exact) mass is 477 g/mol. The number of halogens is 4. The second-order valence-electron chi connectivity index (χ2n) is 8.30. The molecule has 0 saturated carbocycles. The maximum atomic E-state index is 14.5. The standard InChI is InChI=1S/C22H23F4N7O/c1-13-4-3-7-32(19(13)12-29-21-27-10-15(11-28-21)22(24,25)26)20(34)16-9-17(23)14(2)8-18(16)33-30-5-6-31-33/h5-6,8-11,13,19H,3-4,7,12H2,1-2H3,(H,27,28,29)/t13-,19-/m1/s1. The molecule has 34 heavy (non-hydrogen) atoms. The number of carbonyl (C=O) groups is 1. The van der Waals surface area contributed by atoms with E-state index in [-0.39, 0.29) is 35.9 Å². The first-order chi connectivity index (χ1) is 16.1. The van der Waals surface area contributed by atoms with Crippen molar-refractivity contribution >= 4 is 11.9 Å². The van der Waals surface area contributed by atoms with Gasteiger partial charge in [0, 0.05) is 25.5 Å². The third kappa shape index (κ3) is 4.85. The number of amides is 1. The second kappa shape index (κ2) is 9.35. The summed E-state index contributed by atoms with van der Waals surface area (Å²) in [5, 5.41) is 11.1. The Kier molecular flexibility index (Phi) is 6.49. The van der Waals surface area contributed by atoms with E-state index in [1.54, 1.807) is 11.8 Å². The van der Waals surface area contributed by atoms with E-state index in [1.165, 1.54) is 29.3 Å². The smallest absolute Gasteiger partial charge is 0.352 e. The van der Waals surface area contributed by atoms with Gasteiger partial charge in [0.15, 0.2) is 0 Å². The second-order valence-corrected chi connectivity index (χ2v) is 8.30. The lowest BCUT2D eigenvalue weighted by Crippen LogP contribution is -2.51. The molecule has 4 rings (SSSR count). The summed E-state index contributed by atoms with van der Waals surface area (Å²) < 4.78 is 52.7. The first kappa shape index (κ1) is 23.6. The number of hydrogen-bond acceptors (Lipinski definition) is 6. The number of benzene rings is 1. The van der Waals surface area contributed by atoms with E-state index in [4.69, 9.17) is 0 Å². The summed E-state index contributed by atoms with van der Waals surface area (Å²) in [5.74, 6) is -0.780. The van der Waals surface area contributed by atoms with Crippen molar-refractivity contribution < 1.29 is 22.4 Å². The Morgan fingerprint density at radius 3 is 2.50 bits per heavy atom. The summed E-state index contributed by atoms with van der Waals surface area (Å²) in [6, 6.07) is 2.41. The van der Waals surface area contributed by atoms with Crippen LogP contribution in [-0.2, 0) is 6.18 Å². The largest absolute Gasteiger partial charge is 0.419 e. The minimum atomic E-state index is -4.52. The van der Waals surface area contributed by atoms with Crippen LogP contribution in [0.2, 0.25) is 0 Å². The van der Waals surface area contributed by atoms with Gasteiger partial charge < -0.3 is 10.2 Å². The van der Waals surface area contributed by atoms with Gasteiger partial charge in [-0.3, -0.25) is 4.79 Å². The van der Waals surface area contributed by atoms with Gasteiger partial charge in [-0.2, -0.15) is 28.2 Å². The Bertz CT molecular complexity index is 1150. The van der Waals surface area contributed by atoms with Crippen LogP contribution in [0.3, 0.4) is 0 Å². The fraction of sp³-hybridized carbons (Fsp3) is 0.409. The van der Waals surface area contributed by atoms with Gasteiger partial charge in [-0.25, -0.2) is 14.4 Å². The topological polar surface area (TPSA) is 88.8 Å². The summed E-state index contributed by atoms with van der Waals surface area (Å²) in [5.41, 5.74) is -0.0929. The van der Waals surface area contributed by atoms with Crippen molar-refractivity contribution in [1.82, 2.24) is 29.9 Å². The summed E-state index contributed by atoms with van der Waals surface area (Å²) in [6.07, 6.45) is 1.45. The van der Waals surface area contributed by atoms with Crippen molar-refractivity contribution in [1.29, 1.82) is 0 Å². The van der Waals surface area contributed by atoms with Gasteiger partial charge in [-0.15, -0.1) is 0 Å². The third-order valence-electron chi connectivity index (χ3n) is 5.97. The zero-order valence-corrected chi connectivity index (χ0v) is 18.6. The Labute approximate surface area is 193 Å². The summed E-state index contributed by atoms with van der Waals surface area (Å²) in [6.45, 7) is 4.26. The number of rotatable bonds is 5. The molecule has 0 bridgehead atoms. The Balaban J connectivity index is 1.58. The lowest BCUT2D eigenvalue weighted by atomic mass is 9.90. The van der Waals surface area contributed by atoms with Crippen molar-refractivity contribution in [2.24, 2.45) is 5.92 Å². The van der Waals surface area contributed by atoms with Crippen LogP contribution < -0.4 is 5.32 Å². The first-order valence-corrected chi connectivity index (χ1v) is 10.8. The van der Waals surface area contributed by atoms with Crippen LogP contribution in [0.25, 0.3) is 5.69 Å². The average molecular weight is 477 g/mol. The van der Waals surface area contributed by atoms with Crippen LogP contribution in [0.15, 0.2) is 36.9 Å².